The normalized spacial score (nSPS) is 27.8. The third-order valence-electron chi connectivity index (χ3n) is 13.6. The number of nitrogens with one attached hydrogen (secondary N) is 2. The van der Waals surface area contributed by atoms with Gasteiger partial charge in [0.05, 0.1) is 58.6 Å². The van der Waals surface area contributed by atoms with Crippen LogP contribution in [0.2, 0.25) is 0 Å². The molecule has 16 nitrogen and oxygen atoms in total. The third-order valence-corrected chi connectivity index (χ3v) is 13.6. The molecule has 4 amide bonds. The van der Waals surface area contributed by atoms with Gasteiger partial charge in [0, 0.05) is 38.8 Å². The lowest BCUT2D eigenvalue weighted by Gasteiger charge is -2.34. The van der Waals surface area contributed by atoms with Crippen molar-refractivity contribution in [1.82, 2.24) is 20.4 Å². The van der Waals surface area contributed by atoms with Crippen LogP contribution in [0, 0.1) is 11.8 Å². The number of carbonyl (C=O) groups excluding carboxylic acids is 5. The second-order valence-corrected chi connectivity index (χ2v) is 18.3. The standard InChI is InChI=1S/C25H34N2O6.C24H32N2O6/c1-31-25(30)21-15-20-16-27(21)24(29)23(18-8-3-2-4-9-18)26-22(28)14-17-7-5-10-19(13-17)32-11-6-12-33-20;27-21-13-16-6-4-9-18(12-16)31-10-5-11-32-19-14-20(24(29)30)26(15-19)23(28)22(25-21)17-7-2-1-3-8-17/h5,7,10,13,18,20-21,23H,2-4,6,8-9,11-12,14-16H2,1H3,(H,26,28);4,6,9,12,17,19-20,22H,1-3,5,7-8,10-11,13-15H2,(H,25,27)(H,29,30)/t20-,21+,23+;19-,20+,22+/m11/s1. The lowest BCUT2D eigenvalue weighted by atomic mass is 9.83. The van der Waals surface area contributed by atoms with Crippen molar-refractivity contribution in [3.8, 4) is 11.5 Å². The number of hydrogen-bond acceptors (Lipinski definition) is 11. The number of rotatable bonds is 4. The maximum absolute atomic E-state index is 13.8. The zero-order valence-corrected chi connectivity index (χ0v) is 37.6. The number of carbonyl (C=O) groups is 6. The van der Waals surface area contributed by atoms with E-state index in [2.05, 4.69) is 10.6 Å². The zero-order valence-electron chi connectivity index (χ0n) is 37.6. The van der Waals surface area contributed by atoms with E-state index in [9.17, 15) is 33.9 Å². The molecule has 0 aromatic heterocycles. The number of benzene rings is 2. The van der Waals surface area contributed by atoms with Gasteiger partial charge >= 0.3 is 11.9 Å². The van der Waals surface area contributed by atoms with E-state index in [1.807, 2.05) is 48.5 Å². The number of amides is 4. The summed E-state index contributed by atoms with van der Waals surface area (Å²) < 4.78 is 28.5. The quantitative estimate of drug-likeness (QED) is 0.367. The number of carboxylic acid groups (broad SMARTS) is 1. The Labute approximate surface area is 381 Å². The summed E-state index contributed by atoms with van der Waals surface area (Å²) in [4.78, 5) is 80.7. The number of carboxylic acids is 1. The van der Waals surface area contributed by atoms with Gasteiger partial charge in [0.15, 0.2) is 0 Å². The molecule has 2 aliphatic carbocycles. The minimum atomic E-state index is -1.03. The predicted octanol–water partition coefficient (Wildman–Crippen LogP) is 4.38. The van der Waals surface area contributed by atoms with Crippen LogP contribution in [0.5, 0.6) is 11.5 Å². The molecule has 4 aliphatic heterocycles. The molecule has 4 fully saturated rings. The number of hydrogen-bond donors (Lipinski definition) is 3. The first-order valence-corrected chi connectivity index (χ1v) is 23.7. The Morgan fingerprint density at radius 1 is 0.615 bits per heavy atom. The van der Waals surface area contributed by atoms with Gasteiger partial charge in [-0.15, -0.1) is 0 Å². The molecule has 8 bridgehead atoms. The largest absolute Gasteiger partial charge is 0.493 e. The topological polar surface area (TPSA) is 199 Å². The molecule has 2 aromatic rings. The molecule has 0 spiro atoms. The summed E-state index contributed by atoms with van der Waals surface area (Å²) in [6.45, 7) is 2.39. The molecule has 2 aromatic carbocycles. The molecule has 3 N–H and O–H groups in total. The summed E-state index contributed by atoms with van der Waals surface area (Å²) in [7, 11) is 1.33. The molecule has 0 radical (unpaired) electrons. The Kier molecular flexibility index (Phi) is 17.1. The summed E-state index contributed by atoms with van der Waals surface area (Å²) in [5.41, 5.74) is 1.64. The first kappa shape index (κ1) is 47.7. The Balaban J connectivity index is 0.000000194. The molecule has 8 rings (SSSR count). The lowest BCUT2D eigenvalue weighted by Crippen LogP contribution is -2.55. The number of fused-ring (bicyclic) bond motifs is 8. The summed E-state index contributed by atoms with van der Waals surface area (Å²) in [5.74, 6) is -0.942. The fourth-order valence-corrected chi connectivity index (χ4v) is 10.3. The summed E-state index contributed by atoms with van der Waals surface area (Å²) in [5, 5.41) is 15.7. The molecule has 0 unspecified atom stereocenters. The van der Waals surface area contributed by atoms with Crippen LogP contribution in [0.15, 0.2) is 48.5 Å². The van der Waals surface area contributed by atoms with Crippen LogP contribution in [-0.2, 0) is 55.8 Å². The number of ether oxygens (including phenoxy) is 5. The number of nitrogens with zero attached hydrogens (tertiary/aromatic N) is 2. The van der Waals surface area contributed by atoms with Crippen molar-refractivity contribution in [1.29, 1.82) is 0 Å². The molecule has 16 heteroatoms. The zero-order chi connectivity index (χ0) is 45.7. The minimum absolute atomic E-state index is 0.0168. The number of aliphatic carboxylic acids is 1. The van der Waals surface area contributed by atoms with Crippen LogP contribution in [0.1, 0.15) is 101 Å². The van der Waals surface area contributed by atoms with Gasteiger partial charge in [-0.1, -0.05) is 62.8 Å². The van der Waals surface area contributed by atoms with Crippen LogP contribution >= 0.6 is 0 Å². The Bertz CT molecular complexity index is 1970. The smallest absolute Gasteiger partial charge is 0.328 e. The van der Waals surface area contributed by atoms with Gasteiger partial charge in [-0.2, -0.15) is 0 Å². The molecule has 354 valence electrons. The average Bonchev–Trinajstić information content (AvgIpc) is 3.95. The number of esters is 1. The molecule has 6 atom stereocenters. The van der Waals surface area contributed by atoms with Gasteiger partial charge in [0.25, 0.3) is 0 Å². The van der Waals surface area contributed by atoms with E-state index >= 15 is 0 Å². The maximum atomic E-state index is 13.8. The highest BCUT2D eigenvalue weighted by Crippen LogP contribution is 2.32. The van der Waals surface area contributed by atoms with E-state index in [1.165, 1.54) is 12.0 Å². The van der Waals surface area contributed by atoms with Crippen LogP contribution < -0.4 is 20.1 Å². The molecule has 65 heavy (non-hydrogen) atoms. The fourth-order valence-electron chi connectivity index (χ4n) is 10.3. The molecule has 2 saturated heterocycles. The SMILES string of the molecule is COC(=O)[C@@H]1C[C@@H]2CN1C(=O)[C@H](C1CCCCC1)NC(=O)Cc1cccc(c1)OCCCO2.O=C1Cc2cccc(c2)OCCCO[C@@H]2C[C@@H](C(=O)O)N(C2)C(=O)[C@H](C2CCCCC2)N1. The summed E-state index contributed by atoms with van der Waals surface area (Å²) >= 11 is 0. The highest BCUT2D eigenvalue weighted by Gasteiger charge is 2.46. The van der Waals surface area contributed by atoms with Crippen LogP contribution in [0.4, 0.5) is 0 Å². The van der Waals surface area contributed by atoms with E-state index in [4.69, 9.17) is 23.7 Å². The molecular weight excluding hydrogens is 837 g/mol. The van der Waals surface area contributed by atoms with Gasteiger partial charge in [-0.25, -0.2) is 9.59 Å². The lowest BCUT2D eigenvalue weighted by molar-refractivity contribution is -0.152. The van der Waals surface area contributed by atoms with Gasteiger partial charge in [-0.05, 0) is 72.9 Å². The van der Waals surface area contributed by atoms with E-state index < -0.39 is 36.1 Å². The van der Waals surface area contributed by atoms with Crippen LogP contribution in [0.25, 0.3) is 0 Å². The van der Waals surface area contributed by atoms with Crippen LogP contribution in [-0.4, -0.2) is 133 Å². The molecule has 2 saturated carbocycles. The van der Waals surface area contributed by atoms with Crippen molar-refractivity contribution >= 4 is 35.6 Å². The first-order valence-electron chi connectivity index (χ1n) is 23.7. The maximum Gasteiger partial charge on any atom is 0.328 e. The Morgan fingerprint density at radius 3 is 1.51 bits per heavy atom. The third kappa shape index (κ3) is 13.0. The van der Waals surface area contributed by atoms with Crippen molar-refractivity contribution in [2.45, 2.75) is 139 Å². The first-order chi connectivity index (χ1) is 31.6. The van der Waals surface area contributed by atoms with E-state index in [-0.39, 0.29) is 73.5 Å². The Morgan fingerprint density at radius 2 is 1.06 bits per heavy atom. The van der Waals surface area contributed by atoms with Gasteiger partial charge < -0.3 is 49.2 Å². The van der Waals surface area contributed by atoms with E-state index in [0.717, 1.165) is 75.3 Å². The second kappa shape index (κ2) is 23.3. The average molecular weight is 903 g/mol. The second-order valence-electron chi connectivity index (χ2n) is 18.3. The minimum Gasteiger partial charge on any atom is -0.493 e. The highest BCUT2D eigenvalue weighted by atomic mass is 16.5. The van der Waals surface area contributed by atoms with Crippen molar-refractivity contribution in [3.05, 3.63) is 59.7 Å². The number of methoxy groups -OCH3 is 1. The monoisotopic (exact) mass is 902 g/mol. The van der Waals surface area contributed by atoms with Gasteiger partial charge in [0.2, 0.25) is 23.6 Å². The van der Waals surface area contributed by atoms with Crippen molar-refractivity contribution < 1.29 is 57.6 Å². The summed E-state index contributed by atoms with van der Waals surface area (Å²) in [6.07, 6.45) is 11.5. The van der Waals surface area contributed by atoms with E-state index in [0.29, 0.717) is 63.7 Å². The fraction of sp³-hybridized carbons (Fsp3) is 0.633. The van der Waals surface area contributed by atoms with Crippen molar-refractivity contribution in [3.63, 3.8) is 0 Å². The van der Waals surface area contributed by atoms with Crippen molar-refractivity contribution in [2.75, 3.05) is 46.6 Å². The van der Waals surface area contributed by atoms with Crippen molar-refractivity contribution in [2.24, 2.45) is 11.8 Å². The highest BCUT2D eigenvalue weighted by molar-refractivity contribution is 5.93. The van der Waals surface area contributed by atoms with Gasteiger partial charge in [-0.3, -0.25) is 19.2 Å². The molecule has 4 heterocycles. The van der Waals surface area contributed by atoms with Gasteiger partial charge in [0.1, 0.15) is 35.7 Å². The van der Waals surface area contributed by atoms with E-state index in [1.54, 1.807) is 4.90 Å². The molecular formula is C49H66N4O12. The molecule has 6 aliphatic rings. The Hall–Kier alpha value is -5.22. The predicted molar refractivity (Wildman–Crippen MR) is 237 cm³/mol. The summed E-state index contributed by atoms with van der Waals surface area (Å²) in [6, 6.07) is 11.9. The van der Waals surface area contributed by atoms with Crippen LogP contribution in [0.3, 0.4) is 0 Å².